The van der Waals surface area contributed by atoms with Crippen LogP contribution in [-0.2, 0) is 15.6 Å². The first-order valence-corrected chi connectivity index (χ1v) is 9.61. The summed E-state index contributed by atoms with van der Waals surface area (Å²) in [6.45, 7) is 0.334. The van der Waals surface area contributed by atoms with Crippen molar-refractivity contribution < 1.29 is 18.0 Å². The van der Waals surface area contributed by atoms with Gasteiger partial charge in [0.2, 0.25) is 10.0 Å². The van der Waals surface area contributed by atoms with Crippen molar-refractivity contribution in [3.63, 3.8) is 0 Å². The Hall–Kier alpha value is -0.990. The van der Waals surface area contributed by atoms with Crippen molar-refractivity contribution >= 4 is 10.0 Å². The number of sulfonamides is 1. The van der Waals surface area contributed by atoms with Crippen molar-refractivity contribution in [1.82, 2.24) is 14.4 Å². The second-order valence-corrected chi connectivity index (χ2v) is 8.94. The van der Waals surface area contributed by atoms with Gasteiger partial charge < -0.3 is 9.63 Å². The lowest BCUT2D eigenvalue weighted by Crippen LogP contribution is -2.38. The van der Waals surface area contributed by atoms with Gasteiger partial charge in [-0.1, -0.05) is 11.6 Å². The monoisotopic (exact) mass is 327 g/mol. The Balaban J connectivity index is 1.47. The van der Waals surface area contributed by atoms with Crippen LogP contribution in [0.15, 0.2) is 4.52 Å². The average Bonchev–Trinajstić information content (AvgIpc) is 2.99. The molecule has 1 aliphatic heterocycles. The van der Waals surface area contributed by atoms with E-state index in [1.165, 1.54) is 4.31 Å². The molecule has 1 saturated heterocycles. The van der Waals surface area contributed by atoms with Crippen LogP contribution >= 0.6 is 0 Å². The molecule has 2 heterocycles. The van der Waals surface area contributed by atoms with E-state index in [0.29, 0.717) is 24.7 Å². The Morgan fingerprint density at radius 2 is 2.09 bits per heavy atom. The van der Waals surface area contributed by atoms with Crippen molar-refractivity contribution in [2.75, 3.05) is 18.8 Å². The third-order valence-corrected chi connectivity index (χ3v) is 7.05. The molecule has 4 rings (SSSR count). The summed E-state index contributed by atoms with van der Waals surface area (Å²) in [5.74, 6) is 1.62. The van der Waals surface area contributed by atoms with Crippen LogP contribution in [0.5, 0.6) is 0 Å². The van der Waals surface area contributed by atoms with Crippen molar-refractivity contribution in [3.05, 3.63) is 11.7 Å². The van der Waals surface area contributed by atoms with Crippen LogP contribution in [0, 0.1) is 5.92 Å². The van der Waals surface area contributed by atoms with Gasteiger partial charge in [-0.15, -0.1) is 0 Å². The lowest BCUT2D eigenvalue weighted by atomic mass is 9.87. The van der Waals surface area contributed by atoms with E-state index in [2.05, 4.69) is 10.1 Å². The molecule has 1 aromatic heterocycles. The van der Waals surface area contributed by atoms with E-state index in [1.54, 1.807) is 0 Å². The molecule has 8 heteroatoms. The summed E-state index contributed by atoms with van der Waals surface area (Å²) in [6, 6.07) is 0. The summed E-state index contributed by atoms with van der Waals surface area (Å²) in [5, 5.41) is 14.6. The molecule has 1 atom stereocenters. The Morgan fingerprint density at radius 3 is 2.73 bits per heavy atom. The Kier molecular flexibility index (Phi) is 3.32. The highest BCUT2D eigenvalue weighted by atomic mass is 32.2. The maximum atomic E-state index is 12.4. The van der Waals surface area contributed by atoms with Gasteiger partial charge in [0.05, 0.1) is 12.3 Å². The standard InChI is InChI=1S/C14H21N3O4S/c18-14(13-15-12(16-21-13)11-4-5-11)6-7-17(9-14)22(19,20)8-10-2-1-3-10/h10-11,18H,1-9H2. The number of aliphatic hydroxyl groups is 1. The van der Waals surface area contributed by atoms with E-state index in [9.17, 15) is 13.5 Å². The summed E-state index contributed by atoms with van der Waals surface area (Å²) in [5.41, 5.74) is -1.34. The first-order valence-electron chi connectivity index (χ1n) is 8.01. The van der Waals surface area contributed by atoms with Crippen molar-refractivity contribution in [3.8, 4) is 0 Å². The molecule has 2 saturated carbocycles. The zero-order valence-electron chi connectivity index (χ0n) is 12.4. The molecular weight excluding hydrogens is 306 g/mol. The minimum atomic E-state index is -3.31. The van der Waals surface area contributed by atoms with Gasteiger partial charge in [-0.25, -0.2) is 8.42 Å². The van der Waals surface area contributed by atoms with Gasteiger partial charge in [0.15, 0.2) is 11.4 Å². The average molecular weight is 327 g/mol. The zero-order chi connectivity index (χ0) is 15.4. The molecule has 0 radical (unpaired) electrons. The predicted molar refractivity (Wildman–Crippen MR) is 77.5 cm³/mol. The predicted octanol–water partition coefficient (Wildman–Crippen LogP) is 0.970. The van der Waals surface area contributed by atoms with Gasteiger partial charge in [-0.2, -0.15) is 9.29 Å². The van der Waals surface area contributed by atoms with Crippen molar-refractivity contribution in [1.29, 1.82) is 0 Å². The highest BCUT2D eigenvalue weighted by Crippen LogP contribution is 2.40. The van der Waals surface area contributed by atoms with Gasteiger partial charge in [-0.3, -0.25) is 0 Å². The van der Waals surface area contributed by atoms with Crippen LogP contribution < -0.4 is 0 Å². The van der Waals surface area contributed by atoms with Crippen LogP contribution in [0.4, 0.5) is 0 Å². The fraction of sp³-hybridized carbons (Fsp3) is 0.857. The van der Waals surface area contributed by atoms with Crippen LogP contribution in [-0.4, -0.2) is 46.8 Å². The molecule has 0 amide bonds. The van der Waals surface area contributed by atoms with Gasteiger partial charge in [0.25, 0.3) is 5.89 Å². The van der Waals surface area contributed by atoms with Gasteiger partial charge in [-0.05, 0) is 31.6 Å². The quantitative estimate of drug-likeness (QED) is 0.865. The summed E-state index contributed by atoms with van der Waals surface area (Å²) in [4.78, 5) is 4.28. The smallest absolute Gasteiger partial charge is 0.260 e. The normalized spacial score (nSPS) is 30.6. The first-order chi connectivity index (χ1) is 10.5. The summed E-state index contributed by atoms with van der Waals surface area (Å²) < 4.78 is 31.4. The minimum absolute atomic E-state index is 0.0222. The van der Waals surface area contributed by atoms with Crippen LogP contribution in [0.1, 0.15) is 56.2 Å². The van der Waals surface area contributed by atoms with Gasteiger partial charge >= 0.3 is 0 Å². The third kappa shape index (κ3) is 2.57. The summed E-state index contributed by atoms with van der Waals surface area (Å²) in [6.07, 6.45) is 5.52. The SMILES string of the molecule is O=S(=O)(CC1CCC1)N1CCC(O)(c2nc(C3CC3)no2)C1. The molecule has 0 aromatic carbocycles. The fourth-order valence-electron chi connectivity index (χ4n) is 3.17. The number of aromatic nitrogens is 2. The van der Waals surface area contributed by atoms with Gasteiger partial charge in [0.1, 0.15) is 0 Å². The van der Waals surface area contributed by atoms with E-state index in [0.717, 1.165) is 32.1 Å². The molecular formula is C14H21N3O4S. The number of nitrogens with zero attached hydrogens (tertiary/aromatic N) is 3. The number of β-amino-alcohol motifs (C(OH)–C–C–N with tert-alkyl or cyclic N) is 1. The number of hydrogen-bond acceptors (Lipinski definition) is 6. The Labute approximate surface area is 129 Å². The molecule has 122 valence electrons. The van der Waals surface area contributed by atoms with Crippen molar-refractivity contribution in [2.24, 2.45) is 5.92 Å². The maximum Gasteiger partial charge on any atom is 0.260 e. The topological polar surface area (TPSA) is 96.5 Å². The number of hydrogen-bond donors (Lipinski definition) is 1. The van der Waals surface area contributed by atoms with Crippen molar-refractivity contribution in [2.45, 2.75) is 50.0 Å². The molecule has 3 fully saturated rings. The molecule has 1 N–H and O–H groups in total. The Bertz CT molecular complexity index is 665. The Morgan fingerprint density at radius 1 is 1.32 bits per heavy atom. The largest absolute Gasteiger partial charge is 0.379 e. The molecule has 7 nitrogen and oxygen atoms in total. The highest BCUT2D eigenvalue weighted by Gasteiger charge is 2.47. The summed E-state index contributed by atoms with van der Waals surface area (Å²) >= 11 is 0. The number of rotatable bonds is 5. The molecule has 0 spiro atoms. The van der Waals surface area contributed by atoms with Crippen LogP contribution in [0.25, 0.3) is 0 Å². The lowest BCUT2D eigenvalue weighted by Gasteiger charge is -2.27. The molecule has 22 heavy (non-hydrogen) atoms. The van der Waals surface area contributed by atoms with Crippen LogP contribution in [0.3, 0.4) is 0 Å². The van der Waals surface area contributed by atoms with E-state index < -0.39 is 15.6 Å². The lowest BCUT2D eigenvalue weighted by molar-refractivity contribution is 0.0193. The van der Waals surface area contributed by atoms with E-state index in [1.807, 2.05) is 0 Å². The second-order valence-electron chi connectivity index (χ2n) is 6.92. The molecule has 1 aromatic rings. The van der Waals surface area contributed by atoms with E-state index in [-0.39, 0.29) is 24.1 Å². The third-order valence-electron chi connectivity index (χ3n) is 5.06. The van der Waals surface area contributed by atoms with E-state index >= 15 is 0 Å². The fourth-order valence-corrected chi connectivity index (χ4v) is 5.09. The highest BCUT2D eigenvalue weighted by molar-refractivity contribution is 7.89. The molecule has 2 aliphatic carbocycles. The van der Waals surface area contributed by atoms with E-state index in [4.69, 9.17) is 4.52 Å². The first kappa shape index (κ1) is 14.6. The molecule has 0 bridgehead atoms. The minimum Gasteiger partial charge on any atom is -0.379 e. The van der Waals surface area contributed by atoms with Gasteiger partial charge in [0, 0.05) is 18.9 Å². The summed E-state index contributed by atoms with van der Waals surface area (Å²) in [7, 11) is -3.31. The maximum absolute atomic E-state index is 12.4. The second kappa shape index (κ2) is 5.01. The molecule has 1 unspecified atom stereocenters. The zero-order valence-corrected chi connectivity index (χ0v) is 13.3. The molecule has 3 aliphatic rings. The van der Waals surface area contributed by atoms with Crippen LogP contribution in [0.2, 0.25) is 0 Å².